The van der Waals surface area contributed by atoms with E-state index < -0.39 is 11.3 Å². The molecule has 1 aromatic heterocycles. The highest BCUT2D eigenvalue weighted by atomic mass is 16.6. The van der Waals surface area contributed by atoms with Crippen LogP contribution in [0, 0.1) is 15.5 Å². The van der Waals surface area contributed by atoms with E-state index in [0.29, 0.717) is 5.76 Å². The zero-order chi connectivity index (χ0) is 12.3. The van der Waals surface area contributed by atoms with Gasteiger partial charge in [0, 0.05) is 10.3 Å². The quantitative estimate of drug-likeness (QED) is 0.447. The minimum Gasteiger partial charge on any atom is -0.469 e. The summed E-state index contributed by atoms with van der Waals surface area (Å²) < 4.78 is 5.27. The van der Waals surface area contributed by atoms with Gasteiger partial charge in [-0.05, 0) is 25.0 Å². The molecule has 1 aliphatic rings. The fraction of sp³-hybridized carbons (Fsp3) is 0.583. The molecule has 0 bridgehead atoms. The summed E-state index contributed by atoms with van der Waals surface area (Å²) >= 11 is 0. The van der Waals surface area contributed by atoms with Gasteiger partial charge in [0.2, 0.25) is 6.54 Å². The Hall–Kier alpha value is -1.65. The molecule has 1 fully saturated rings. The summed E-state index contributed by atoms with van der Waals surface area (Å²) in [6.45, 7) is -0.244. The van der Waals surface area contributed by atoms with E-state index in [9.17, 15) is 14.9 Å². The zero-order valence-corrected chi connectivity index (χ0v) is 9.50. The lowest BCUT2D eigenvalue weighted by atomic mass is 9.74. The lowest BCUT2D eigenvalue weighted by Crippen LogP contribution is -2.32. The van der Waals surface area contributed by atoms with Crippen molar-refractivity contribution in [3.05, 3.63) is 34.3 Å². The van der Waals surface area contributed by atoms with Crippen molar-refractivity contribution >= 4 is 6.29 Å². The van der Waals surface area contributed by atoms with E-state index in [2.05, 4.69) is 0 Å². The van der Waals surface area contributed by atoms with Crippen LogP contribution in [0.15, 0.2) is 22.8 Å². The highest BCUT2D eigenvalue weighted by Gasteiger charge is 2.46. The van der Waals surface area contributed by atoms with Crippen LogP contribution in [0.25, 0.3) is 0 Å². The number of furan rings is 1. The van der Waals surface area contributed by atoms with Crippen molar-refractivity contribution in [2.75, 3.05) is 6.54 Å². The normalized spacial score (nSPS) is 20.0. The van der Waals surface area contributed by atoms with Gasteiger partial charge in [-0.2, -0.15) is 0 Å². The number of nitrogens with zero attached hydrogens (tertiary/aromatic N) is 1. The molecule has 92 valence electrons. The van der Waals surface area contributed by atoms with Crippen molar-refractivity contribution in [2.45, 2.75) is 31.6 Å². The van der Waals surface area contributed by atoms with Gasteiger partial charge in [0.05, 0.1) is 12.2 Å². The molecular weight excluding hydrogens is 222 g/mol. The van der Waals surface area contributed by atoms with Gasteiger partial charge in [-0.15, -0.1) is 0 Å². The number of nitro groups is 1. The highest BCUT2D eigenvalue weighted by molar-refractivity contribution is 5.62. The Bertz CT molecular complexity index is 393. The molecule has 0 spiro atoms. The Morgan fingerprint density at radius 3 is 2.71 bits per heavy atom. The van der Waals surface area contributed by atoms with Crippen molar-refractivity contribution in [1.29, 1.82) is 0 Å². The first-order chi connectivity index (χ1) is 8.18. The van der Waals surface area contributed by atoms with Gasteiger partial charge in [0.1, 0.15) is 12.0 Å². The van der Waals surface area contributed by atoms with E-state index in [0.717, 1.165) is 32.0 Å². The topological polar surface area (TPSA) is 73.3 Å². The molecule has 1 saturated carbocycles. The highest BCUT2D eigenvalue weighted by Crippen LogP contribution is 2.47. The van der Waals surface area contributed by atoms with Crippen molar-refractivity contribution in [3.63, 3.8) is 0 Å². The van der Waals surface area contributed by atoms with Crippen LogP contribution in [0.2, 0.25) is 0 Å². The standard InChI is InChI=1S/C12H15NO4/c14-9-12(5-1-2-6-12)10(8-13(15)16)11-4-3-7-17-11/h3-4,7,9-10H,1-2,5-6,8H2/t10-/m1/s1. The Kier molecular flexibility index (Phi) is 3.26. The molecule has 1 heterocycles. The minimum absolute atomic E-state index is 0.244. The van der Waals surface area contributed by atoms with E-state index in [4.69, 9.17) is 4.42 Å². The van der Waals surface area contributed by atoms with E-state index in [-0.39, 0.29) is 11.5 Å². The maximum Gasteiger partial charge on any atom is 0.214 e. The number of carbonyl (C=O) groups is 1. The second-order valence-corrected chi connectivity index (χ2v) is 4.64. The predicted octanol–water partition coefficient (Wildman–Crippen LogP) is 2.40. The monoisotopic (exact) mass is 237 g/mol. The summed E-state index contributed by atoms with van der Waals surface area (Å²) in [5, 5.41) is 10.8. The van der Waals surface area contributed by atoms with Crippen LogP contribution in [0.1, 0.15) is 37.4 Å². The Morgan fingerprint density at radius 1 is 1.53 bits per heavy atom. The number of hydrogen-bond acceptors (Lipinski definition) is 4. The molecule has 0 aliphatic heterocycles. The maximum absolute atomic E-state index is 11.4. The number of carbonyl (C=O) groups excluding carboxylic acids is 1. The first-order valence-electron chi connectivity index (χ1n) is 5.79. The molecular formula is C12H15NO4. The second-order valence-electron chi connectivity index (χ2n) is 4.64. The van der Waals surface area contributed by atoms with Gasteiger partial charge < -0.3 is 9.21 Å². The van der Waals surface area contributed by atoms with E-state index >= 15 is 0 Å². The molecule has 5 heteroatoms. The second kappa shape index (κ2) is 4.69. The molecule has 0 amide bonds. The molecule has 0 aromatic carbocycles. The van der Waals surface area contributed by atoms with Crippen molar-refractivity contribution in [2.24, 2.45) is 5.41 Å². The third-order valence-corrected chi connectivity index (χ3v) is 3.68. The maximum atomic E-state index is 11.4. The molecule has 0 saturated heterocycles. The number of aldehydes is 1. The summed E-state index contributed by atoms with van der Waals surface area (Å²) in [5.41, 5.74) is -0.606. The SMILES string of the molecule is O=CC1([C@H](C[N+](=O)[O-])c2ccco2)CCCC1. The van der Waals surface area contributed by atoms with Crippen LogP contribution in [-0.4, -0.2) is 17.8 Å². The molecule has 1 aromatic rings. The molecule has 0 unspecified atom stereocenters. The zero-order valence-electron chi connectivity index (χ0n) is 9.50. The van der Waals surface area contributed by atoms with Crippen LogP contribution in [0.3, 0.4) is 0 Å². The lowest BCUT2D eigenvalue weighted by molar-refractivity contribution is -0.486. The fourth-order valence-electron chi connectivity index (χ4n) is 2.78. The average Bonchev–Trinajstić information content (AvgIpc) is 2.98. The van der Waals surface area contributed by atoms with E-state index in [1.165, 1.54) is 6.26 Å². The lowest BCUT2D eigenvalue weighted by Gasteiger charge is -2.28. The summed E-state index contributed by atoms with van der Waals surface area (Å²) in [7, 11) is 0. The van der Waals surface area contributed by atoms with Gasteiger partial charge >= 0.3 is 0 Å². The van der Waals surface area contributed by atoms with E-state index in [1.54, 1.807) is 12.1 Å². The predicted molar refractivity (Wildman–Crippen MR) is 60.3 cm³/mol. The van der Waals surface area contributed by atoms with Crippen molar-refractivity contribution in [1.82, 2.24) is 0 Å². The molecule has 2 rings (SSSR count). The van der Waals surface area contributed by atoms with Crippen molar-refractivity contribution in [3.8, 4) is 0 Å². The summed E-state index contributed by atoms with van der Waals surface area (Å²) in [5.74, 6) is 0.114. The summed E-state index contributed by atoms with van der Waals surface area (Å²) in [4.78, 5) is 21.8. The average molecular weight is 237 g/mol. The van der Waals surface area contributed by atoms with Crippen molar-refractivity contribution < 1.29 is 14.1 Å². The van der Waals surface area contributed by atoms with Gasteiger partial charge in [-0.3, -0.25) is 10.1 Å². The minimum atomic E-state index is -0.606. The van der Waals surface area contributed by atoms with Crippen LogP contribution in [0.5, 0.6) is 0 Å². The Morgan fingerprint density at radius 2 is 2.24 bits per heavy atom. The Labute approximate surface area is 99.0 Å². The smallest absolute Gasteiger partial charge is 0.214 e. The molecule has 1 atom stereocenters. The van der Waals surface area contributed by atoms with Crippen LogP contribution in [0.4, 0.5) is 0 Å². The van der Waals surface area contributed by atoms with Crippen LogP contribution >= 0.6 is 0 Å². The molecule has 0 radical (unpaired) electrons. The molecule has 0 N–H and O–H groups in total. The first kappa shape index (κ1) is 11.8. The number of hydrogen-bond donors (Lipinski definition) is 0. The Balaban J connectivity index is 2.32. The number of rotatable bonds is 5. The largest absolute Gasteiger partial charge is 0.469 e. The summed E-state index contributed by atoms with van der Waals surface area (Å²) in [6.07, 6.45) is 5.74. The molecule has 5 nitrogen and oxygen atoms in total. The van der Waals surface area contributed by atoms with Crippen LogP contribution in [-0.2, 0) is 4.79 Å². The van der Waals surface area contributed by atoms with Gasteiger partial charge in [0.25, 0.3) is 0 Å². The first-order valence-corrected chi connectivity index (χ1v) is 5.79. The summed E-state index contributed by atoms with van der Waals surface area (Å²) in [6, 6.07) is 3.42. The molecule has 17 heavy (non-hydrogen) atoms. The van der Waals surface area contributed by atoms with Gasteiger partial charge in [-0.1, -0.05) is 12.8 Å². The van der Waals surface area contributed by atoms with Gasteiger partial charge in [0.15, 0.2) is 0 Å². The third kappa shape index (κ3) is 2.23. The van der Waals surface area contributed by atoms with Crippen LogP contribution < -0.4 is 0 Å². The third-order valence-electron chi connectivity index (χ3n) is 3.68. The van der Waals surface area contributed by atoms with E-state index in [1.807, 2.05) is 0 Å². The fourth-order valence-corrected chi connectivity index (χ4v) is 2.78. The van der Waals surface area contributed by atoms with Gasteiger partial charge in [-0.25, -0.2) is 0 Å². The molecule has 1 aliphatic carbocycles.